The van der Waals surface area contributed by atoms with Crippen molar-refractivity contribution in [2.75, 3.05) is 5.32 Å². The topological polar surface area (TPSA) is 71.8 Å². The van der Waals surface area contributed by atoms with Gasteiger partial charge in [-0.2, -0.15) is 0 Å². The van der Waals surface area contributed by atoms with Crippen LogP contribution in [0, 0.1) is 0 Å². The van der Waals surface area contributed by atoms with Crippen molar-refractivity contribution >= 4 is 23.4 Å². The van der Waals surface area contributed by atoms with E-state index in [-0.39, 0.29) is 6.03 Å². The Kier molecular flexibility index (Phi) is 4.77. The van der Waals surface area contributed by atoms with E-state index in [1.807, 2.05) is 36.0 Å². The summed E-state index contributed by atoms with van der Waals surface area (Å²) in [5.74, 6) is 1.17. The standard InChI is InChI=1S/C17H16ClN5O/c1-23-10-9-20-16(23)15(12-5-4-6-13(18)11-12)22-17(24)21-14-7-2-3-8-19-14/h2-11,15H,1H3,(H2,19,21,22,24). The highest BCUT2D eigenvalue weighted by Crippen LogP contribution is 2.23. The van der Waals surface area contributed by atoms with Gasteiger partial charge in [-0.15, -0.1) is 0 Å². The summed E-state index contributed by atoms with van der Waals surface area (Å²) in [6.45, 7) is 0. The van der Waals surface area contributed by atoms with Gasteiger partial charge in [0.2, 0.25) is 0 Å². The SMILES string of the molecule is Cn1ccnc1C(NC(=O)Nc1ccccn1)c1cccc(Cl)c1. The molecule has 0 aliphatic carbocycles. The number of rotatable bonds is 4. The van der Waals surface area contributed by atoms with Crippen LogP contribution in [0.1, 0.15) is 17.4 Å². The predicted octanol–water partition coefficient (Wildman–Crippen LogP) is 3.38. The molecule has 3 rings (SSSR count). The fourth-order valence-corrected chi connectivity index (χ4v) is 2.56. The van der Waals surface area contributed by atoms with Crippen LogP contribution in [0.15, 0.2) is 61.1 Å². The van der Waals surface area contributed by atoms with Gasteiger partial charge in [0.25, 0.3) is 0 Å². The molecule has 0 aliphatic rings. The molecule has 1 atom stereocenters. The Labute approximate surface area is 144 Å². The number of halogens is 1. The molecule has 2 amide bonds. The van der Waals surface area contributed by atoms with E-state index in [0.717, 1.165) is 5.56 Å². The number of imidazole rings is 1. The second-order valence-corrected chi connectivity index (χ2v) is 5.63. The van der Waals surface area contributed by atoms with Gasteiger partial charge in [0.15, 0.2) is 0 Å². The summed E-state index contributed by atoms with van der Waals surface area (Å²) >= 11 is 6.09. The zero-order valence-electron chi connectivity index (χ0n) is 13.0. The van der Waals surface area contributed by atoms with E-state index in [9.17, 15) is 4.79 Å². The Morgan fingerprint density at radius 3 is 2.71 bits per heavy atom. The summed E-state index contributed by atoms with van der Waals surface area (Å²) in [5.41, 5.74) is 0.841. The predicted molar refractivity (Wildman–Crippen MR) is 92.9 cm³/mol. The summed E-state index contributed by atoms with van der Waals surface area (Å²) in [4.78, 5) is 20.8. The molecule has 2 heterocycles. The van der Waals surface area contributed by atoms with Crippen LogP contribution in [0.4, 0.5) is 10.6 Å². The van der Waals surface area contributed by atoms with E-state index in [0.29, 0.717) is 16.7 Å². The third kappa shape index (κ3) is 3.72. The van der Waals surface area contributed by atoms with E-state index in [4.69, 9.17) is 11.6 Å². The number of hydrogen-bond donors (Lipinski definition) is 2. The Hall–Kier alpha value is -2.86. The second-order valence-electron chi connectivity index (χ2n) is 5.20. The number of nitrogens with one attached hydrogen (secondary N) is 2. The summed E-state index contributed by atoms with van der Waals surface area (Å²) in [7, 11) is 1.87. The van der Waals surface area contributed by atoms with E-state index in [1.54, 1.807) is 36.7 Å². The minimum absolute atomic E-state index is 0.373. The molecule has 0 aliphatic heterocycles. The molecule has 0 saturated carbocycles. The van der Waals surface area contributed by atoms with Gasteiger partial charge in [0, 0.05) is 30.7 Å². The third-order valence-corrected chi connectivity index (χ3v) is 3.72. The summed E-state index contributed by atoms with van der Waals surface area (Å²) < 4.78 is 1.85. The van der Waals surface area contributed by atoms with Crippen LogP contribution in [0.25, 0.3) is 0 Å². The molecule has 24 heavy (non-hydrogen) atoms. The lowest BCUT2D eigenvalue weighted by Gasteiger charge is -2.19. The number of benzene rings is 1. The highest BCUT2D eigenvalue weighted by molar-refractivity contribution is 6.30. The summed E-state index contributed by atoms with van der Waals surface area (Å²) in [6.07, 6.45) is 5.12. The number of pyridine rings is 1. The van der Waals surface area contributed by atoms with Gasteiger partial charge in [-0.3, -0.25) is 5.32 Å². The minimum Gasteiger partial charge on any atom is -0.336 e. The van der Waals surface area contributed by atoms with Crippen molar-refractivity contribution in [2.24, 2.45) is 7.05 Å². The number of anilines is 1. The zero-order valence-corrected chi connectivity index (χ0v) is 13.7. The van der Waals surface area contributed by atoms with Gasteiger partial charge in [0.05, 0.1) is 0 Å². The lowest BCUT2D eigenvalue weighted by molar-refractivity contribution is 0.249. The number of aromatic nitrogens is 3. The van der Waals surface area contributed by atoms with Crippen LogP contribution in [-0.4, -0.2) is 20.6 Å². The molecule has 0 radical (unpaired) electrons. The first-order valence-corrected chi connectivity index (χ1v) is 7.72. The smallest absolute Gasteiger partial charge is 0.321 e. The fraction of sp³-hybridized carbons (Fsp3) is 0.118. The first-order valence-electron chi connectivity index (χ1n) is 7.35. The highest BCUT2D eigenvalue weighted by atomic mass is 35.5. The van der Waals surface area contributed by atoms with Crippen molar-refractivity contribution in [3.63, 3.8) is 0 Å². The van der Waals surface area contributed by atoms with Crippen LogP contribution in [-0.2, 0) is 7.05 Å². The van der Waals surface area contributed by atoms with Crippen molar-refractivity contribution in [2.45, 2.75) is 6.04 Å². The maximum atomic E-state index is 12.4. The van der Waals surface area contributed by atoms with Crippen molar-refractivity contribution in [3.05, 3.63) is 77.5 Å². The Morgan fingerprint density at radius 2 is 2.04 bits per heavy atom. The molecule has 1 unspecified atom stereocenters. The van der Waals surface area contributed by atoms with Gasteiger partial charge in [-0.05, 0) is 29.8 Å². The summed E-state index contributed by atoms with van der Waals surface area (Å²) in [6, 6.07) is 11.8. The average Bonchev–Trinajstić information content (AvgIpc) is 2.99. The second kappa shape index (κ2) is 7.14. The molecule has 1 aromatic carbocycles. The highest BCUT2D eigenvalue weighted by Gasteiger charge is 2.21. The molecule has 0 spiro atoms. The number of urea groups is 1. The van der Waals surface area contributed by atoms with Gasteiger partial charge >= 0.3 is 6.03 Å². The van der Waals surface area contributed by atoms with Crippen LogP contribution < -0.4 is 10.6 Å². The minimum atomic E-state index is -0.438. The number of carbonyl (C=O) groups is 1. The van der Waals surface area contributed by atoms with Crippen LogP contribution in [0.2, 0.25) is 5.02 Å². The fourth-order valence-electron chi connectivity index (χ4n) is 2.36. The molecule has 3 aromatic rings. The first-order chi connectivity index (χ1) is 11.6. The largest absolute Gasteiger partial charge is 0.336 e. The van der Waals surface area contributed by atoms with Crippen LogP contribution >= 0.6 is 11.6 Å². The molecular weight excluding hydrogens is 326 g/mol. The molecule has 0 saturated heterocycles. The van der Waals surface area contributed by atoms with Gasteiger partial charge in [-0.25, -0.2) is 14.8 Å². The normalized spacial score (nSPS) is 11.8. The van der Waals surface area contributed by atoms with Gasteiger partial charge < -0.3 is 9.88 Å². The molecule has 122 valence electrons. The molecule has 0 fully saturated rings. The van der Waals surface area contributed by atoms with Crippen LogP contribution in [0.3, 0.4) is 0 Å². The van der Waals surface area contributed by atoms with E-state index >= 15 is 0 Å². The van der Waals surface area contributed by atoms with E-state index < -0.39 is 6.04 Å². The molecule has 6 nitrogen and oxygen atoms in total. The molecule has 2 aromatic heterocycles. The van der Waals surface area contributed by atoms with Gasteiger partial charge in [-0.1, -0.05) is 29.8 Å². The first kappa shape index (κ1) is 16.0. The maximum absolute atomic E-state index is 12.4. The van der Waals surface area contributed by atoms with Gasteiger partial charge in [0.1, 0.15) is 17.7 Å². The average molecular weight is 342 g/mol. The molecular formula is C17H16ClN5O. The number of hydrogen-bond acceptors (Lipinski definition) is 3. The van der Waals surface area contributed by atoms with E-state index in [2.05, 4.69) is 20.6 Å². The Morgan fingerprint density at radius 1 is 1.17 bits per heavy atom. The van der Waals surface area contributed by atoms with Crippen molar-refractivity contribution < 1.29 is 4.79 Å². The maximum Gasteiger partial charge on any atom is 0.321 e. The van der Waals surface area contributed by atoms with Crippen molar-refractivity contribution in [1.29, 1.82) is 0 Å². The molecule has 7 heteroatoms. The Bertz CT molecular complexity index is 834. The summed E-state index contributed by atoms with van der Waals surface area (Å²) in [5, 5.41) is 6.22. The quantitative estimate of drug-likeness (QED) is 0.764. The number of nitrogens with zero attached hydrogens (tertiary/aromatic N) is 3. The van der Waals surface area contributed by atoms with E-state index in [1.165, 1.54) is 0 Å². The number of amides is 2. The van der Waals surface area contributed by atoms with Crippen molar-refractivity contribution in [1.82, 2.24) is 19.9 Å². The zero-order chi connectivity index (χ0) is 16.9. The third-order valence-electron chi connectivity index (χ3n) is 3.48. The lowest BCUT2D eigenvalue weighted by atomic mass is 10.1. The van der Waals surface area contributed by atoms with Crippen molar-refractivity contribution in [3.8, 4) is 0 Å². The number of aryl methyl sites for hydroxylation is 1. The monoisotopic (exact) mass is 341 g/mol. The number of carbonyl (C=O) groups excluding carboxylic acids is 1. The Balaban J connectivity index is 1.85. The molecule has 0 bridgehead atoms. The van der Waals surface area contributed by atoms with Crippen LogP contribution in [0.5, 0.6) is 0 Å². The molecule has 2 N–H and O–H groups in total. The lowest BCUT2D eigenvalue weighted by Crippen LogP contribution is -2.34.